The summed E-state index contributed by atoms with van der Waals surface area (Å²) in [5.74, 6) is 0.406. The average Bonchev–Trinajstić information content (AvgIpc) is 3.10. The Hall–Kier alpha value is -1.37. The Kier molecular flexibility index (Phi) is 7.93. The van der Waals surface area contributed by atoms with Gasteiger partial charge in [0.1, 0.15) is 5.82 Å². The molecule has 1 heterocycles. The van der Waals surface area contributed by atoms with Crippen LogP contribution >= 0.6 is 11.6 Å². The van der Waals surface area contributed by atoms with Crippen molar-refractivity contribution in [3.63, 3.8) is 0 Å². The molecule has 1 aromatic rings. The largest absolute Gasteiger partial charge is 0.383 e. The van der Waals surface area contributed by atoms with Crippen LogP contribution in [0.3, 0.4) is 0 Å². The molecule has 140 valence electrons. The molecule has 2 atom stereocenters. The zero-order valence-electron chi connectivity index (χ0n) is 15.2. The Morgan fingerprint density at radius 2 is 2.12 bits per heavy atom. The van der Waals surface area contributed by atoms with Crippen LogP contribution in [0.15, 0.2) is 23.2 Å². The third-order valence-electron chi connectivity index (χ3n) is 4.40. The van der Waals surface area contributed by atoms with E-state index in [-0.39, 0.29) is 17.9 Å². The fourth-order valence-corrected chi connectivity index (χ4v) is 3.50. The summed E-state index contributed by atoms with van der Waals surface area (Å²) in [6.07, 6.45) is 2.25. The Bertz CT molecular complexity index is 558. The van der Waals surface area contributed by atoms with E-state index >= 15 is 0 Å². The first kappa shape index (κ1) is 19.9. The zero-order chi connectivity index (χ0) is 18.2. The van der Waals surface area contributed by atoms with E-state index in [2.05, 4.69) is 20.5 Å². The second-order valence-electron chi connectivity index (χ2n) is 6.35. The van der Waals surface area contributed by atoms with Crippen molar-refractivity contribution in [1.29, 1.82) is 0 Å². The van der Waals surface area contributed by atoms with Gasteiger partial charge in [-0.3, -0.25) is 9.89 Å². The van der Waals surface area contributed by atoms with Crippen LogP contribution in [-0.2, 0) is 4.74 Å². The number of hydrogen-bond acceptors (Lipinski definition) is 3. The molecule has 1 saturated heterocycles. The van der Waals surface area contributed by atoms with E-state index in [0.29, 0.717) is 29.7 Å². The molecule has 1 fully saturated rings. The van der Waals surface area contributed by atoms with Crippen LogP contribution < -0.4 is 10.6 Å². The minimum atomic E-state index is -0.262. The molecule has 0 spiro atoms. The van der Waals surface area contributed by atoms with Crippen molar-refractivity contribution in [3.8, 4) is 0 Å². The number of hydrogen-bond donors (Lipinski definition) is 2. The third-order valence-corrected chi connectivity index (χ3v) is 4.73. The van der Waals surface area contributed by atoms with Gasteiger partial charge in [0.15, 0.2) is 5.96 Å². The van der Waals surface area contributed by atoms with Crippen LogP contribution in [-0.4, -0.2) is 57.3 Å². The molecule has 1 aliphatic heterocycles. The highest BCUT2D eigenvalue weighted by Gasteiger charge is 2.27. The molecule has 7 heteroatoms. The van der Waals surface area contributed by atoms with Crippen molar-refractivity contribution in [1.82, 2.24) is 15.5 Å². The van der Waals surface area contributed by atoms with Gasteiger partial charge in [0.25, 0.3) is 0 Å². The minimum Gasteiger partial charge on any atom is -0.383 e. The normalized spacial score (nSPS) is 18.2. The highest BCUT2D eigenvalue weighted by molar-refractivity contribution is 6.31. The summed E-state index contributed by atoms with van der Waals surface area (Å²) in [4.78, 5) is 6.52. The summed E-state index contributed by atoms with van der Waals surface area (Å²) >= 11 is 6.32. The van der Waals surface area contributed by atoms with Crippen molar-refractivity contribution >= 4 is 17.6 Å². The molecule has 0 amide bonds. The van der Waals surface area contributed by atoms with Crippen molar-refractivity contribution in [2.75, 3.05) is 40.4 Å². The number of nitrogens with zero attached hydrogens (tertiary/aromatic N) is 2. The zero-order valence-corrected chi connectivity index (χ0v) is 15.9. The van der Waals surface area contributed by atoms with Gasteiger partial charge in [0.2, 0.25) is 0 Å². The average molecular weight is 371 g/mol. The van der Waals surface area contributed by atoms with E-state index < -0.39 is 0 Å². The van der Waals surface area contributed by atoms with Gasteiger partial charge in [-0.05, 0) is 45.0 Å². The molecule has 0 saturated carbocycles. The van der Waals surface area contributed by atoms with Gasteiger partial charge in [-0.2, -0.15) is 0 Å². The molecule has 2 N–H and O–H groups in total. The molecule has 0 aliphatic carbocycles. The maximum Gasteiger partial charge on any atom is 0.191 e. The smallest absolute Gasteiger partial charge is 0.191 e. The van der Waals surface area contributed by atoms with Crippen LogP contribution in [0.25, 0.3) is 0 Å². The Morgan fingerprint density at radius 1 is 1.40 bits per heavy atom. The lowest BCUT2D eigenvalue weighted by Crippen LogP contribution is -2.46. The van der Waals surface area contributed by atoms with E-state index in [1.165, 1.54) is 6.07 Å². The second kappa shape index (κ2) is 9.94. The lowest BCUT2D eigenvalue weighted by Gasteiger charge is -2.30. The van der Waals surface area contributed by atoms with E-state index in [4.69, 9.17) is 16.3 Å². The number of aliphatic imine (C=N–C) groups is 1. The summed E-state index contributed by atoms with van der Waals surface area (Å²) in [5.41, 5.74) is 0.555. The molecular weight excluding hydrogens is 343 g/mol. The van der Waals surface area contributed by atoms with Crippen molar-refractivity contribution in [2.24, 2.45) is 4.99 Å². The van der Waals surface area contributed by atoms with Crippen molar-refractivity contribution in [2.45, 2.75) is 31.8 Å². The predicted molar refractivity (Wildman–Crippen MR) is 101 cm³/mol. The van der Waals surface area contributed by atoms with Gasteiger partial charge in [0, 0.05) is 37.3 Å². The van der Waals surface area contributed by atoms with E-state index in [9.17, 15) is 4.39 Å². The number of ether oxygens (including phenoxy) is 1. The van der Waals surface area contributed by atoms with Crippen LogP contribution in [0.2, 0.25) is 5.02 Å². The van der Waals surface area contributed by atoms with Gasteiger partial charge in [-0.1, -0.05) is 17.7 Å². The summed E-state index contributed by atoms with van der Waals surface area (Å²) in [7, 11) is 3.38. The summed E-state index contributed by atoms with van der Waals surface area (Å²) in [5, 5.41) is 7.03. The number of methoxy groups -OCH3 is 1. The molecule has 5 nitrogen and oxygen atoms in total. The predicted octanol–water partition coefficient (Wildman–Crippen LogP) is 2.82. The van der Waals surface area contributed by atoms with Gasteiger partial charge >= 0.3 is 0 Å². The minimum absolute atomic E-state index is 0.124. The molecule has 25 heavy (non-hydrogen) atoms. The number of halogens is 2. The van der Waals surface area contributed by atoms with Crippen LogP contribution in [0, 0.1) is 5.82 Å². The van der Waals surface area contributed by atoms with Crippen LogP contribution in [0.4, 0.5) is 4.39 Å². The summed E-state index contributed by atoms with van der Waals surface area (Å²) < 4.78 is 19.6. The van der Waals surface area contributed by atoms with Gasteiger partial charge < -0.3 is 15.4 Å². The lowest BCUT2D eigenvalue weighted by atomic mass is 10.0. The van der Waals surface area contributed by atoms with Crippen LogP contribution in [0.5, 0.6) is 0 Å². The van der Waals surface area contributed by atoms with Crippen molar-refractivity contribution in [3.05, 3.63) is 34.6 Å². The highest BCUT2D eigenvalue weighted by Crippen LogP contribution is 2.31. The number of guanidine groups is 1. The molecule has 0 bridgehead atoms. The SMILES string of the molecule is CN=C(NCC(c1c(F)cccc1Cl)N1CCCC1)NC(C)COC. The van der Waals surface area contributed by atoms with Gasteiger partial charge in [-0.15, -0.1) is 0 Å². The summed E-state index contributed by atoms with van der Waals surface area (Å²) in [6.45, 7) is 5.02. The topological polar surface area (TPSA) is 48.9 Å². The monoisotopic (exact) mass is 370 g/mol. The quantitative estimate of drug-likeness (QED) is 0.572. The molecule has 2 unspecified atom stereocenters. The number of rotatable bonds is 7. The number of likely N-dealkylation sites (tertiary alicyclic amines) is 1. The standard InChI is InChI=1S/C18H28ClFN4O/c1-13(12-25-3)23-18(21-2)22-11-16(24-9-4-5-10-24)17-14(19)7-6-8-15(17)20/h6-8,13,16H,4-5,9-12H2,1-3H3,(H2,21,22,23). The maximum atomic E-state index is 14.5. The highest BCUT2D eigenvalue weighted by atomic mass is 35.5. The van der Waals surface area contributed by atoms with Crippen LogP contribution in [0.1, 0.15) is 31.4 Å². The molecule has 1 aliphatic rings. The Labute approximate surface area is 154 Å². The fourth-order valence-electron chi connectivity index (χ4n) is 3.21. The van der Waals surface area contributed by atoms with E-state index in [1.807, 2.05) is 6.92 Å². The lowest BCUT2D eigenvalue weighted by molar-refractivity contribution is 0.178. The number of benzene rings is 1. The molecule has 1 aromatic carbocycles. The third kappa shape index (κ3) is 5.56. The van der Waals surface area contributed by atoms with Gasteiger partial charge in [0.05, 0.1) is 12.6 Å². The first-order valence-electron chi connectivity index (χ1n) is 8.71. The summed E-state index contributed by atoms with van der Waals surface area (Å²) in [6, 6.07) is 4.85. The molecule has 0 aromatic heterocycles. The second-order valence-corrected chi connectivity index (χ2v) is 6.76. The fraction of sp³-hybridized carbons (Fsp3) is 0.611. The van der Waals surface area contributed by atoms with E-state index in [0.717, 1.165) is 25.9 Å². The first-order valence-corrected chi connectivity index (χ1v) is 9.08. The van der Waals surface area contributed by atoms with E-state index in [1.54, 1.807) is 26.3 Å². The molecule has 0 radical (unpaired) electrons. The Morgan fingerprint density at radius 3 is 2.72 bits per heavy atom. The molecule has 2 rings (SSSR count). The first-order chi connectivity index (χ1) is 12.1. The van der Waals surface area contributed by atoms with Gasteiger partial charge in [-0.25, -0.2) is 4.39 Å². The number of nitrogens with one attached hydrogen (secondary N) is 2. The molecular formula is C18H28ClFN4O. The maximum absolute atomic E-state index is 14.5. The Balaban J connectivity index is 2.11. The van der Waals surface area contributed by atoms with Crippen molar-refractivity contribution < 1.29 is 9.13 Å².